The molecule has 4 aromatic rings. The van der Waals surface area contributed by atoms with Crippen LogP contribution in [-0.4, -0.2) is 65.3 Å². The van der Waals surface area contributed by atoms with Gasteiger partial charge in [0.05, 0.1) is 36.8 Å². The summed E-state index contributed by atoms with van der Waals surface area (Å²) in [5.41, 5.74) is 1.66. The average Bonchev–Trinajstić information content (AvgIpc) is 3.17. The number of morpholine rings is 1. The van der Waals surface area contributed by atoms with E-state index in [1.807, 2.05) is 4.90 Å². The van der Waals surface area contributed by atoms with Crippen LogP contribution in [0.15, 0.2) is 53.6 Å². The van der Waals surface area contributed by atoms with Crippen LogP contribution in [-0.2, 0) is 16.5 Å². The zero-order chi connectivity index (χ0) is 26.1. The van der Waals surface area contributed by atoms with Crippen LogP contribution in [0, 0.1) is 0 Å². The molecule has 1 aliphatic heterocycles. The number of benzene rings is 2. The Kier molecular flexibility index (Phi) is 6.57. The molecule has 10 nitrogen and oxygen atoms in total. The Labute approximate surface area is 209 Å². The van der Waals surface area contributed by atoms with E-state index >= 15 is 0 Å². The SMILES string of the molecule is COC(=O)c1ccc(OC(F)F)c(-n2c3cc(-c4cnc(N5CCOCC5)nc4)ccc3c(=O)n2C)c1. The molecule has 0 N–H and O–H groups in total. The summed E-state index contributed by atoms with van der Waals surface area (Å²) in [6, 6.07) is 9.05. The molecule has 0 spiro atoms. The van der Waals surface area contributed by atoms with Gasteiger partial charge in [-0.25, -0.2) is 24.1 Å². The highest BCUT2D eigenvalue weighted by molar-refractivity contribution is 5.91. The third kappa shape index (κ3) is 4.62. The molecule has 12 heteroatoms. The van der Waals surface area contributed by atoms with Crippen molar-refractivity contribution in [3.05, 3.63) is 64.7 Å². The minimum Gasteiger partial charge on any atom is -0.465 e. The molecule has 1 aliphatic rings. The molecule has 3 heterocycles. The standard InChI is InChI=1S/C25H23F2N5O5/c1-30-22(33)18-5-3-15(17-13-28-25(29-14-17)31-7-9-36-10-8-31)11-19(18)32(30)20-12-16(23(34)35-2)4-6-21(20)37-24(26)27/h3-6,11-14,24H,7-10H2,1-2H3. The molecule has 0 aliphatic carbocycles. The first kappa shape index (κ1) is 24.4. The Balaban J connectivity index is 1.63. The molecule has 192 valence electrons. The van der Waals surface area contributed by atoms with Gasteiger partial charge < -0.3 is 19.1 Å². The Morgan fingerprint density at radius 3 is 2.46 bits per heavy atom. The molecule has 1 fully saturated rings. The highest BCUT2D eigenvalue weighted by Gasteiger charge is 2.21. The van der Waals surface area contributed by atoms with E-state index in [0.717, 1.165) is 0 Å². The van der Waals surface area contributed by atoms with Crippen molar-refractivity contribution in [1.82, 2.24) is 19.3 Å². The molecule has 0 saturated carbocycles. The van der Waals surface area contributed by atoms with Crippen molar-refractivity contribution in [2.45, 2.75) is 6.61 Å². The average molecular weight is 511 g/mol. The lowest BCUT2D eigenvalue weighted by atomic mass is 10.1. The highest BCUT2D eigenvalue weighted by atomic mass is 19.3. The second-order valence-corrected chi connectivity index (χ2v) is 8.30. The van der Waals surface area contributed by atoms with Gasteiger partial charge in [-0.15, -0.1) is 0 Å². The smallest absolute Gasteiger partial charge is 0.387 e. The monoisotopic (exact) mass is 511 g/mol. The van der Waals surface area contributed by atoms with E-state index in [0.29, 0.717) is 54.3 Å². The van der Waals surface area contributed by atoms with Crippen molar-refractivity contribution in [2.75, 3.05) is 38.3 Å². The third-order valence-electron chi connectivity index (χ3n) is 6.14. The number of ether oxygens (including phenoxy) is 3. The number of aromatic nitrogens is 4. The lowest BCUT2D eigenvalue weighted by Gasteiger charge is -2.26. The van der Waals surface area contributed by atoms with Crippen molar-refractivity contribution in [3.8, 4) is 22.6 Å². The first-order chi connectivity index (χ1) is 17.9. The summed E-state index contributed by atoms with van der Waals surface area (Å²) < 4.78 is 43.9. The normalized spacial score (nSPS) is 13.8. The summed E-state index contributed by atoms with van der Waals surface area (Å²) in [4.78, 5) is 36.2. The van der Waals surface area contributed by atoms with Crippen molar-refractivity contribution >= 4 is 22.8 Å². The lowest BCUT2D eigenvalue weighted by Crippen LogP contribution is -2.37. The fourth-order valence-electron chi connectivity index (χ4n) is 4.31. The largest absolute Gasteiger partial charge is 0.465 e. The van der Waals surface area contributed by atoms with Crippen molar-refractivity contribution in [1.29, 1.82) is 0 Å². The summed E-state index contributed by atoms with van der Waals surface area (Å²) in [6.07, 6.45) is 3.38. The maximum atomic E-state index is 13.2. The molecule has 37 heavy (non-hydrogen) atoms. The highest BCUT2D eigenvalue weighted by Crippen LogP contribution is 2.31. The van der Waals surface area contributed by atoms with Gasteiger partial charge in [0.15, 0.2) is 5.75 Å². The van der Waals surface area contributed by atoms with E-state index in [2.05, 4.69) is 9.97 Å². The molecule has 0 radical (unpaired) electrons. The fraction of sp³-hybridized carbons (Fsp3) is 0.280. The molecule has 0 atom stereocenters. The molecule has 0 bridgehead atoms. The zero-order valence-electron chi connectivity index (χ0n) is 20.1. The quantitative estimate of drug-likeness (QED) is 0.364. The number of hydrogen-bond donors (Lipinski definition) is 0. The van der Waals surface area contributed by atoms with Crippen molar-refractivity contribution < 1.29 is 27.8 Å². The Morgan fingerprint density at radius 2 is 1.78 bits per heavy atom. The number of carbonyl (C=O) groups excluding carboxylic acids is 1. The van der Waals surface area contributed by atoms with Gasteiger partial charge >= 0.3 is 12.6 Å². The van der Waals surface area contributed by atoms with Crippen molar-refractivity contribution in [2.24, 2.45) is 7.05 Å². The number of hydrogen-bond acceptors (Lipinski definition) is 8. The van der Waals surface area contributed by atoms with Crippen LogP contribution < -0.4 is 15.2 Å². The molecule has 0 amide bonds. The number of anilines is 1. The molecular weight excluding hydrogens is 488 g/mol. The number of rotatable bonds is 6. The van der Waals surface area contributed by atoms with Crippen LogP contribution in [0.3, 0.4) is 0 Å². The van der Waals surface area contributed by atoms with Gasteiger partial charge in [0, 0.05) is 38.1 Å². The maximum Gasteiger partial charge on any atom is 0.387 e. The number of esters is 1. The van der Waals surface area contributed by atoms with Crippen LogP contribution >= 0.6 is 0 Å². The number of carbonyl (C=O) groups is 1. The molecule has 1 saturated heterocycles. The number of halogens is 2. The summed E-state index contributed by atoms with van der Waals surface area (Å²) in [5.74, 6) is -0.276. The minimum absolute atomic E-state index is 0.0777. The van der Waals surface area contributed by atoms with E-state index in [1.54, 1.807) is 30.6 Å². The fourth-order valence-corrected chi connectivity index (χ4v) is 4.31. The zero-order valence-corrected chi connectivity index (χ0v) is 20.1. The summed E-state index contributed by atoms with van der Waals surface area (Å²) in [6.45, 7) is -0.479. The van der Waals surface area contributed by atoms with Gasteiger partial charge in [-0.3, -0.25) is 4.79 Å². The second kappa shape index (κ2) is 9.97. The molecule has 5 rings (SSSR count). The second-order valence-electron chi connectivity index (χ2n) is 8.30. The predicted molar refractivity (Wildman–Crippen MR) is 131 cm³/mol. The summed E-state index contributed by atoms with van der Waals surface area (Å²) in [5, 5.41) is 0.351. The molecule has 2 aromatic heterocycles. The van der Waals surface area contributed by atoms with Gasteiger partial charge in [0.2, 0.25) is 5.95 Å². The van der Waals surface area contributed by atoms with Crippen molar-refractivity contribution in [3.63, 3.8) is 0 Å². The van der Waals surface area contributed by atoms with Gasteiger partial charge in [0.25, 0.3) is 5.56 Å². The van der Waals surface area contributed by atoms with E-state index in [-0.39, 0.29) is 22.6 Å². The topological polar surface area (TPSA) is 101 Å². The Morgan fingerprint density at radius 1 is 1.05 bits per heavy atom. The lowest BCUT2D eigenvalue weighted by molar-refractivity contribution is -0.0499. The van der Waals surface area contributed by atoms with E-state index in [1.165, 1.54) is 41.7 Å². The molecular formula is C25H23F2N5O5. The van der Waals surface area contributed by atoms with Crippen LogP contribution in [0.5, 0.6) is 5.75 Å². The Hall–Kier alpha value is -4.32. The van der Waals surface area contributed by atoms with Gasteiger partial charge in [-0.2, -0.15) is 8.78 Å². The predicted octanol–water partition coefficient (Wildman–Crippen LogP) is 3.01. The van der Waals surface area contributed by atoms with E-state index in [4.69, 9.17) is 14.2 Å². The summed E-state index contributed by atoms with van der Waals surface area (Å²) in [7, 11) is 2.71. The number of alkyl halides is 2. The van der Waals surface area contributed by atoms with Gasteiger partial charge in [-0.05, 0) is 35.9 Å². The first-order valence-corrected chi connectivity index (χ1v) is 11.4. The van der Waals surface area contributed by atoms with Gasteiger partial charge in [0.1, 0.15) is 5.69 Å². The Bertz CT molecular complexity index is 1510. The van der Waals surface area contributed by atoms with Crippen LogP contribution in [0.2, 0.25) is 0 Å². The first-order valence-electron chi connectivity index (χ1n) is 11.4. The van der Waals surface area contributed by atoms with E-state index in [9.17, 15) is 18.4 Å². The third-order valence-corrected chi connectivity index (χ3v) is 6.14. The van der Waals surface area contributed by atoms with Crippen LogP contribution in [0.25, 0.3) is 27.7 Å². The summed E-state index contributed by atoms with van der Waals surface area (Å²) >= 11 is 0. The van der Waals surface area contributed by atoms with E-state index < -0.39 is 12.6 Å². The molecule has 0 unspecified atom stereocenters. The molecule has 2 aromatic carbocycles. The van der Waals surface area contributed by atoms with Crippen LogP contribution in [0.1, 0.15) is 10.4 Å². The van der Waals surface area contributed by atoms with Gasteiger partial charge in [-0.1, -0.05) is 6.07 Å². The maximum absolute atomic E-state index is 13.2. The number of fused-ring (bicyclic) bond motifs is 1. The number of nitrogens with zero attached hydrogens (tertiary/aromatic N) is 5. The van der Waals surface area contributed by atoms with Crippen LogP contribution in [0.4, 0.5) is 14.7 Å². The minimum atomic E-state index is -3.11. The number of methoxy groups -OCH3 is 1.